The summed E-state index contributed by atoms with van der Waals surface area (Å²) in [6, 6.07) is 4.44. The average Bonchev–Trinajstić information content (AvgIpc) is 3.13. The number of methoxy groups -OCH3 is 1. The first-order valence-corrected chi connectivity index (χ1v) is 6.89. The smallest absolute Gasteiger partial charge is 0.434 e. The van der Waals surface area contributed by atoms with Gasteiger partial charge in [0.05, 0.1) is 24.5 Å². The second-order valence-corrected chi connectivity index (χ2v) is 4.93. The van der Waals surface area contributed by atoms with E-state index in [1.165, 1.54) is 31.5 Å². The van der Waals surface area contributed by atoms with E-state index in [1.54, 1.807) is 0 Å². The third kappa shape index (κ3) is 2.24. The molecule has 1 fully saturated rings. The number of hydrogen-bond donors (Lipinski definition) is 1. The van der Waals surface area contributed by atoms with E-state index in [-0.39, 0.29) is 29.4 Å². The van der Waals surface area contributed by atoms with Crippen LogP contribution in [0, 0.1) is 0 Å². The van der Waals surface area contributed by atoms with Gasteiger partial charge in [0.25, 0.3) is 0 Å². The predicted molar refractivity (Wildman–Crippen MR) is 79.1 cm³/mol. The number of ether oxygens (including phenoxy) is 1. The van der Waals surface area contributed by atoms with Crippen molar-refractivity contribution >= 4 is 40.6 Å². The molecule has 2 heterocycles. The summed E-state index contributed by atoms with van der Waals surface area (Å²) in [5.41, 5.74) is 0.323. The van der Waals surface area contributed by atoms with Gasteiger partial charge in [-0.25, -0.2) is 9.59 Å². The molecule has 124 valence electrons. The van der Waals surface area contributed by atoms with Crippen molar-refractivity contribution in [2.75, 3.05) is 12.1 Å². The zero-order chi connectivity index (χ0) is 17.4. The maximum atomic E-state index is 11.9. The van der Waals surface area contributed by atoms with Crippen molar-refractivity contribution in [3.05, 3.63) is 24.4 Å². The zero-order valence-corrected chi connectivity index (χ0v) is 12.5. The molecule has 1 N–H and O–H groups in total. The molecule has 0 spiro atoms. The number of carbonyl (C=O) groups excluding carboxylic acids is 3. The first-order chi connectivity index (χ1) is 11.5. The van der Waals surface area contributed by atoms with E-state index < -0.39 is 24.0 Å². The van der Waals surface area contributed by atoms with E-state index in [0.29, 0.717) is 10.0 Å². The van der Waals surface area contributed by atoms with Crippen molar-refractivity contribution in [2.24, 2.45) is 0 Å². The molecular formula is C14H12N4O6. The molecule has 0 saturated carbocycles. The van der Waals surface area contributed by atoms with Gasteiger partial charge in [-0.1, -0.05) is 6.07 Å². The van der Waals surface area contributed by atoms with Crippen molar-refractivity contribution in [3.8, 4) is 0 Å². The molecule has 10 heteroatoms. The lowest BCUT2D eigenvalue weighted by molar-refractivity contribution is -0.138. The van der Waals surface area contributed by atoms with Gasteiger partial charge in [-0.15, -0.1) is 0 Å². The van der Waals surface area contributed by atoms with E-state index in [0.717, 1.165) is 4.68 Å². The van der Waals surface area contributed by atoms with Gasteiger partial charge in [-0.3, -0.25) is 9.59 Å². The fraction of sp³-hybridized carbons (Fsp3) is 0.214. The minimum Gasteiger partial charge on any atom is -0.463 e. The first kappa shape index (κ1) is 15.5. The molecule has 2 aromatic rings. The Bertz CT molecular complexity index is 857. The second kappa shape index (κ2) is 5.65. The highest BCUT2D eigenvalue weighted by Crippen LogP contribution is 2.30. The molecule has 0 unspecified atom stereocenters. The van der Waals surface area contributed by atoms with Gasteiger partial charge in [0.1, 0.15) is 0 Å². The molecule has 0 aliphatic carbocycles. The van der Waals surface area contributed by atoms with Crippen LogP contribution in [0.2, 0.25) is 0 Å². The minimum absolute atomic E-state index is 0.0405. The number of hydrogen-bond acceptors (Lipinski definition) is 6. The molecule has 0 atom stereocenters. The summed E-state index contributed by atoms with van der Waals surface area (Å²) in [6.07, 6.45) is -1.10. The summed E-state index contributed by atoms with van der Waals surface area (Å²) < 4.78 is 5.55. The standard InChI is InChI=1S/C14H12N4O6/c1-24-14(23)16-9-3-2-4-10(8(9)7-15-16)17(13(21)22)18-11(19)5-6-12(18)20/h2-4,7H,5-6H2,1H3,(H,21,22). The molecule has 1 aromatic carbocycles. The SMILES string of the molecule is COC(=O)n1ncc2c(N(C(=O)O)N3C(=O)CCC3=O)cccc21. The lowest BCUT2D eigenvalue weighted by Gasteiger charge is -2.27. The molecule has 1 aliphatic heterocycles. The van der Waals surface area contributed by atoms with Gasteiger partial charge >= 0.3 is 12.2 Å². The van der Waals surface area contributed by atoms with E-state index in [4.69, 9.17) is 0 Å². The van der Waals surface area contributed by atoms with E-state index >= 15 is 0 Å². The molecule has 1 aromatic heterocycles. The van der Waals surface area contributed by atoms with Gasteiger partial charge in [-0.2, -0.15) is 19.8 Å². The van der Waals surface area contributed by atoms with Gasteiger partial charge in [0.2, 0.25) is 11.8 Å². The minimum atomic E-state index is -1.50. The van der Waals surface area contributed by atoms with E-state index in [2.05, 4.69) is 9.84 Å². The summed E-state index contributed by atoms with van der Waals surface area (Å²) in [4.78, 5) is 47.2. The van der Waals surface area contributed by atoms with Crippen LogP contribution in [0.5, 0.6) is 0 Å². The van der Waals surface area contributed by atoms with Crippen LogP contribution in [0.25, 0.3) is 10.9 Å². The highest BCUT2D eigenvalue weighted by molar-refractivity contribution is 6.10. The number of nitrogens with zero attached hydrogens (tertiary/aromatic N) is 4. The number of imide groups is 1. The number of carboxylic acid groups (broad SMARTS) is 1. The summed E-state index contributed by atoms with van der Waals surface area (Å²) in [5, 5.41) is 14.8. The first-order valence-electron chi connectivity index (χ1n) is 6.89. The molecular weight excluding hydrogens is 320 g/mol. The van der Waals surface area contributed by atoms with Crippen molar-refractivity contribution in [1.82, 2.24) is 14.8 Å². The Hall–Kier alpha value is -3.43. The van der Waals surface area contributed by atoms with Crippen LogP contribution in [-0.2, 0) is 14.3 Å². The van der Waals surface area contributed by atoms with E-state index in [9.17, 15) is 24.3 Å². The summed E-state index contributed by atoms with van der Waals surface area (Å²) in [6.45, 7) is 0. The molecule has 24 heavy (non-hydrogen) atoms. The number of anilines is 1. The molecule has 1 aliphatic rings. The van der Waals surface area contributed by atoms with Crippen LogP contribution < -0.4 is 5.01 Å². The van der Waals surface area contributed by atoms with Crippen LogP contribution in [-0.4, -0.2) is 51.0 Å². The molecule has 0 radical (unpaired) electrons. The highest BCUT2D eigenvalue weighted by Gasteiger charge is 2.38. The van der Waals surface area contributed by atoms with Crippen molar-refractivity contribution in [3.63, 3.8) is 0 Å². The lowest BCUT2D eigenvalue weighted by atomic mass is 10.2. The Kier molecular flexibility index (Phi) is 3.64. The number of benzene rings is 1. The Morgan fingerprint density at radius 2 is 1.92 bits per heavy atom. The van der Waals surface area contributed by atoms with Crippen molar-refractivity contribution in [2.45, 2.75) is 12.8 Å². The van der Waals surface area contributed by atoms with Gasteiger partial charge in [0.15, 0.2) is 0 Å². The number of carbonyl (C=O) groups is 4. The van der Waals surface area contributed by atoms with Crippen LogP contribution in [0.15, 0.2) is 24.4 Å². The zero-order valence-electron chi connectivity index (χ0n) is 12.5. The van der Waals surface area contributed by atoms with Crippen LogP contribution >= 0.6 is 0 Å². The highest BCUT2D eigenvalue weighted by atomic mass is 16.5. The predicted octanol–water partition coefficient (Wildman–Crippen LogP) is 1.20. The quantitative estimate of drug-likeness (QED) is 0.820. The Morgan fingerprint density at radius 3 is 2.50 bits per heavy atom. The number of aromatic nitrogens is 2. The average molecular weight is 332 g/mol. The second-order valence-electron chi connectivity index (χ2n) is 4.93. The summed E-state index contributed by atoms with van der Waals surface area (Å²) >= 11 is 0. The Balaban J connectivity index is 2.17. The number of fused-ring (bicyclic) bond motifs is 1. The van der Waals surface area contributed by atoms with Crippen molar-refractivity contribution in [1.29, 1.82) is 0 Å². The summed E-state index contributed by atoms with van der Waals surface area (Å²) in [5.74, 6) is -1.22. The van der Waals surface area contributed by atoms with Crippen LogP contribution in [0.4, 0.5) is 15.3 Å². The molecule has 0 bridgehead atoms. The van der Waals surface area contributed by atoms with Crippen molar-refractivity contribution < 1.29 is 29.0 Å². The monoisotopic (exact) mass is 332 g/mol. The molecule has 3 rings (SSSR count). The topological polar surface area (TPSA) is 122 Å². The fourth-order valence-corrected chi connectivity index (χ4v) is 2.54. The third-order valence-corrected chi connectivity index (χ3v) is 3.57. The van der Waals surface area contributed by atoms with Gasteiger partial charge in [0, 0.05) is 18.2 Å². The Morgan fingerprint density at radius 1 is 1.25 bits per heavy atom. The normalized spacial score (nSPS) is 14.3. The van der Waals surface area contributed by atoms with E-state index in [1.807, 2.05) is 0 Å². The summed E-state index contributed by atoms with van der Waals surface area (Å²) in [7, 11) is 1.19. The number of amides is 3. The molecule has 10 nitrogen and oxygen atoms in total. The number of rotatable bonds is 2. The largest absolute Gasteiger partial charge is 0.463 e. The maximum Gasteiger partial charge on any atom is 0.434 e. The van der Waals surface area contributed by atoms with Crippen LogP contribution in [0.3, 0.4) is 0 Å². The fourth-order valence-electron chi connectivity index (χ4n) is 2.54. The Labute approximate surface area is 134 Å². The van der Waals surface area contributed by atoms with Gasteiger partial charge < -0.3 is 9.84 Å². The molecule has 3 amide bonds. The van der Waals surface area contributed by atoms with Crippen LogP contribution in [0.1, 0.15) is 12.8 Å². The molecule has 1 saturated heterocycles. The number of hydrazine groups is 1. The lowest BCUT2D eigenvalue weighted by Crippen LogP contribution is -2.49. The maximum absolute atomic E-state index is 11.9. The van der Waals surface area contributed by atoms with Gasteiger partial charge in [-0.05, 0) is 12.1 Å². The third-order valence-electron chi connectivity index (χ3n) is 3.57.